The van der Waals surface area contributed by atoms with Gasteiger partial charge < -0.3 is 10.3 Å². The third kappa shape index (κ3) is 2.11. The average molecular weight is 267 g/mol. The van der Waals surface area contributed by atoms with Crippen molar-refractivity contribution in [2.75, 3.05) is 5.73 Å². The highest BCUT2D eigenvalue weighted by atomic mass is 16.5. The summed E-state index contributed by atoms with van der Waals surface area (Å²) in [5.74, 6) is 0.779. The van der Waals surface area contributed by atoms with Gasteiger partial charge in [0.1, 0.15) is 5.69 Å². The molecule has 0 unspecified atom stereocenters. The summed E-state index contributed by atoms with van der Waals surface area (Å²) in [6.45, 7) is 3.95. The number of hydrogen-bond acceptors (Lipinski definition) is 6. The third-order valence-corrected chi connectivity index (χ3v) is 2.98. The Morgan fingerprint density at radius 3 is 2.75 bits per heavy atom. The largest absolute Gasteiger partial charge is 0.398 e. The standard InChI is InChI=1S/C14H13N5O/c1-8-5-9(2)12(15)10(6-8)14-18-13(19-20-14)11-7-16-3-4-17-11/h3-7H,15H2,1-2H3. The summed E-state index contributed by atoms with van der Waals surface area (Å²) in [7, 11) is 0. The quantitative estimate of drug-likeness (QED) is 0.717. The molecular formula is C14H13N5O. The lowest BCUT2D eigenvalue weighted by Crippen LogP contribution is -1.95. The number of nitrogens with zero attached hydrogens (tertiary/aromatic N) is 4. The number of hydrogen-bond donors (Lipinski definition) is 1. The van der Waals surface area contributed by atoms with Crippen molar-refractivity contribution in [1.29, 1.82) is 0 Å². The second-order valence-corrected chi connectivity index (χ2v) is 4.56. The molecule has 0 saturated carbocycles. The smallest absolute Gasteiger partial charge is 0.260 e. The zero-order valence-electron chi connectivity index (χ0n) is 11.2. The summed E-state index contributed by atoms with van der Waals surface area (Å²) in [6.07, 6.45) is 4.75. The van der Waals surface area contributed by atoms with E-state index in [1.54, 1.807) is 18.6 Å². The Balaban J connectivity index is 2.07. The first-order valence-corrected chi connectivity index (χ1v) is 6.12. The molecule has 0 aliphatic rings. The summed E-state index contributed by atoms with van der Waals surface area (Å²) < 4.78 is 5.29. The molecule has 0 aliphatic carbocycles. The molecule has 0 aliphatic heterocycles. The Morgan fingerprint density at radius 1 is 1.15 bits per heavy atom. The highest BCUT2D eigenvalue weighted by molar-refractivity contribution is 5.74. The maximum absolute atomic E-state index is 6.08. The molecule has 100 valence electrons. The molecular weight excluding hydrogens is 254 g/mol. The van der Waals surface area contributed by atoms with E-state index in [0.29, 0.717) is 23.1 Å². The van der Waals surface area contributed by atoms with Gasteiger partial charge in [0.25, 0.3) is 5.89 Å². The van der Waals surface area contributed by atoms with Crippen molar-refractivity contribution >= 4 is 5.69 Å². The van der Waals surface area contributed by atoms with E-state index in [1.165, 1.54) is 0 Å². The molecule has 0 saturated heterocycles. The number of aromatic nitrogens is 4. The Kier molecular flexibility index (Phi) is 2.90. The van der Waals surface area contributed by atoms with Gasteiger partial charge in [0.05, 0.1) is 11.8 Å². The molecule has 0 spiro atoms. The van der Waals surface area contributed by atoms with E-state index in [9.17, 15) is 0 Å². The number of anilines is 1. The molecule has 3 rings (SSSR count). The van der Waals surface area contributed by atoms with Gasteiger partial charge in [0, 0.05) is 18.1 Å². The normalized spacial score (nSPS) is 10.7. The minimum atomic E-state index is 0.384. The van der Waals surface area contributed by atoms with Crippen molar-refractivity contribution in [2.45, 2.75) is 13.8 Å². The molecule has 2 N–H and O–H groups in total. The second-order valence-electron chi connectivity index (χ2n) is 4.56. The van der Waals surface area contributed by atoms with Crippen LogP contribution < -0.4 is 5.73 Å². The first-order chi connectivity index (χ1) is 9.65. The molecule has 0 radical (unpaired) electrons. The van der Waals surface area contributed by atoms with E-state index < -0.39 is 0 Å². The van der Waals surface area contributed by atoms with E-state index in [4.69, 9.17) is 10.3 Å². The van der Waals surface area contributed by atoms with E-state index in [-0.39, 0.29) is 0 Å². The van der Waals surface area contributed by atoms with Gasteiger partial charge in [-0.25, -0.2) is 4.98 Å². The average Bonchev–Trinajstić information content (AvgIpc) is 2.93. The highest BCUT2D eigenvalue weighted by Gasteiger charge is 2.15. The lowest BCUT2D eigenvalue weighted by Gasteiger charge is -2.06. The van der Waals surface area contributed by atoms with Gasteiger partial charge in [-0.05, 0) is 31.0 Å². The fourth-order valence-corrected chi connectivity index (χ4v) is 2.01. The van der Waals surface area contributed by atoms with Crippen LogP contribution in [0.5, 0.6) is 0 Å². The maximum Gasteiger partial charge on any atom is 0.260 e. The second kappa shape index (κ2) is 4.73. The number of benzene rings is 1. The van der Waals surface area contributed by atoms with Crippen LogP contribution in [0.15, 0.2) is 35.2 Å². The zero-order valence-corrected chi connectivity index (χ0v) is 11.2. The molecule has 6 heteroatoms. The minimum absolute atomic E-state index is 0.384. The van der Waals surface area contributed by atoms with Crippen LogP contribution in [0.3, 0.4) is 0 Å². The number of rotatable bonds is 2. The topological polar surface area (TPSA) is 90.7 Å². The van der Waals surface area contributed by atoms with Crippen LogP contribution in [0.1, 0.15) is 11.1 Å². The third-order valence-electron chi connectivity index (χ3n) is 2.98. The highest BCUT2D eigenvalue weighted by Crippen LogP contribution is 2.29. The fourth-order valence-electron chi connectivity index (χ4n) is 2.01. The molecule has 0 bridgehead atoms. The first-order valence-electron chi connectivity index (χ1n) is 6.12. The monoisotopic (exact) mass is 267 g/mol. The first kappa shape index (κ1) is 12.3. The van der Waals surface area contributed by atoms with Crippen molar-refractivity contribution in [2.24, 2.45) is 0 Å². The van der Waals surface area contributed by atoms with Crippen LogP contribution >= 0.6 is 0 Å². The van der Waals surface area contributed by atoms with E-state index in [0.717, 1.165) is 16.7 Å². The molecule has 0 atom stereocenters. The van der Waals surface area contributed by atoms with E-state index >= 15 is 0 Å². The molecule has 0 amide bonds. The molecule has 1 aromatic carbocycles. The fraction of sp³-hybridized carbons (Fsp3) is 0.143. The van der Waals surface area contributed by atoms with Gasteiger partial charge in [-0.15, -0.1) is 0 Å². The number of nitrogen functional groups attached to an aromatic ring is 1. The van der Waals surface area contributed by atoms with Crippen LogP contribution in [0.4, 0.5) is 5.69 Å². The van der Waals surface area contributed by atoms with Crippen LogP contribution in [-0.2, 0) is 0 Å². The van der Waals surface area contributed by atoms with Gasteiger partial charge >= 0.3 is 0 Å². The molecule has 20 heavy (non-hydrogen) atoms. The maximum atomic E-state index is 6.08. The van der Waals surface area contributed by atoms with Crippen LogP contribution in [-0.4, -0.2) is 20.1 Å². The number of nitrogens with two attached hydrogens (primary N) is 1. The van der Waals surface area contributed by atoms with Crippen LogP contribution in [0.2, 0.25) is 0 Å². The van der Waals surface area contributed by atoms with Crippen molar-refractivity contribution in [1.82, 2.24) is 20.1 Å². The van der Waals surface area contributed by atoms with Gasteiger partial charge in [-0.2, -0.15) is 4.98 Å². The van der Waals surface area contributed by atoms with Gasteiger partial charge in [-0.3, -0.25) is 4.98 Å². The van der Waals surface area contributed by atoms with Crippen LogP contribution in [0, 0.1) is 13.8 Å². The summed E-state index contributed by atoms with van der Waals surface area (Å²) in [5.41, 5.74) is 10.1. The lowest BCUT2D eigenvalue weighted by molar-refractivity contribution is 0.432. The predicted molar refractivity (Wildman–Crippen MR) is 74.6 cm³/mol. The van der Waals surface area contributed by atoms with E-state index in [1.807, 2.05) is 26.0 Å². The molecule has 0 fully saturated rings. The van der Waals surface area contributed by atoms with Gasteiger partial charge in [0.15, 0.2) is 0 Å². The predicted octanol–water partition coefficient (Wildman–Crippen LogP) is 2.39. The Hall–Kier alpha value is -2.76. The Bertz CT molecular complexity index is 752. The van der Waals surface area contributed by atoms with Crippen molar-refractivity contribution in [3.05, 3.63) is 41.9 Å². The summed E-state index contributed by atoms with van der Waals surface area (Å²) in [5, 5.41) is 3.92. The van der Waals surface area contributed by atoms with Crippen molar-refractivity contribution in [3.8, 4) is 23.0 Å². The summed E-state index contributed by atoms with van der Waals surface area (Å²) >= 11 is 0. The molecule has 2 aromatic heterocycles. The molecule has 2 heterocycles. The lowest BCUT2D eigenvalue weighted by atomic mass is 10.0. The van der Waals surface area contributed by atoms with E-state index in [2.05, 4.69) is 20.1 Å². The summed E-state index contributed by atoms with van der Waals surface area (Å²) in [6, 6.07) is 3.94. The van der Waals surface area contributed by atoms with Crippen molar-refractivity contribution in [3.63, 3.8) is 0 Å². The minimum Gasteiger partial charge on any atom is -0.398 e. The zero-order chi connectivity index (χ0) is 14.1. The Labute approximate surface area is 115 Å². The van der Waals surface area contributed by atoms with Gasteiger partial charge in [0.2, 0.25) is 5.82 Å². The Morgan fingerprint density at radius 2 is 2.00 bits per heavy atom. The molecule has 6 nitrogen and oxygen atoms in total. The summed E-state index contributed by atoms with van der Waals surface area (Å²) in [4.78, 5) is 12.4. The molecule has 3 aromatic rings. The SMILES string of the molecule is Cc1cc(C)c(N)c(-c2nc(-c3cnccn3)no2)c1. The van der Waals surface area contributed by atoms with Crippen LogP contribution in [0.25, 0.3) is 23.0 Å². The number of aryl methyl sites for hydroxylation is 2. The van der Waals surface area contributed by atoms with Gasteiger partial charge in [-0.1, -0.05) is 11.2 Å². The van der Waals surface area contributed by atoms with Crippen molar-refractivity contribution < 1.29 is 4.52 Å².